The lowest BCUT2D eigenvalue weighted by molar-refractivity contribution is 0.0947. The highest BCUT2D eigenvalue weighted by molar-refractivity contribution is 6.31. The Bertz CT molecular complexity index is 791. The van der Waals surface area contributed by atoms with Gasteiger partial charge in [0, 0.05) is 43.4 Å². The molecular formula is C21H25ClFN3O. The third-order valence-corrected chi connectivity index (χ3v) is 5.08. The van der Waals surface area contributed by atoms with Gasteiger partial charge in [0.15, 0.2) is 0 Å². The summed E-state index contributed by atoms with van der Waals surface area (Å²) in [5, 5.41) is 3.13. The highest BCUT2D eigenvalue weighted by Crippen LogP contribution is 2.18. The third kappa shape index (κ3) is 5.44. The molecule has 1 N–H and O–H groups in total. The maximum absolute atomic E-state index is 13.7. The predicted octanol–water partition coefficient (Wildman–Crippen LogP) is 3.73. The first-order valence-corrected chi connectivity index (χ1v) is 9.68. The number of benzene rings is 2. The smallest absolute Gasteiger partial charge is 0.254 e. The minimum absolute atomic E-state index is 0.00531. The molecule has 3 rings (SSSR count). The second-order valence-electron chi connectivity index (χ2n) is 6.90. The van der Waals surface area contributed by atoms with E-state index in [1.165, 1.54) is 29.4 Å². The summed E-state index contributed by atoms with van der Waals surface area (Å²) < 4.78 is 13.7. The van der Waals surface area contributed by atoms with Crippen LogP contribution in [-0.2, 0) is 0 Å². The number of rotatable bonds is 6. The lowest BCUT2D eigenvalue weighted by Crippen LogP contribution is -2.47. The van der Waals surface area contributed by atoms with Crippen molar-refractivity contribution < 1.29 is 9.18 Å². The number of nitrogens with one attached hydrogen (secondary N) is 1. The number of amides is 1. The third-order valence-electron chi connectivity index (χ3n) is 4.85. The van der Waals surface area contributed by atoms with Gasteiger partial charge in [-0.15, -0.1) is 0 Å². The molecule has 1 amide bonds. The number of piperazine rings is 1. The average molecular weight is 390 g/mol. The zero-order valence-electron chi connectivity index (χ0n) is 15.5. The van der Waals surface area contributed by atoms with Crippen molar-refractivity contribution in [2.75, 3.05) is 44.2 Å². The van der Waals surface area contributed by atoms with Crippen molar-refractivity contribution in [3.8, 4) is 0 Å². The number of aryl methyl sites for hydroxylation is 1. The number of anilines is 1. The molecule has 0 aliphatic carbocycles. The molecule has 1 saturated heterocycles. The second kappa shape index (κ2) is 9.20. The fourth-order valence-electron chi connectivity index (χ4n) is 3.33. The Hall–Kier alpha value is -2.11. The minimum atomic E-state index is -0.552. The summed E-state index contributed by atoms with van der Waals surface area (Å²) in [6.45, 7) is 7.56. The molecule has 1 heterocycles. The number of carbonyl (C=O) groups is 1. The molecule has 0 saturated carbocycles. The first-order chi connectivity index (χ1) is 13.0. The van der Waals surface area contributed by atoms with Crippen LogP contribution in [0.4, 0.5) is 10.1 Å². The highest BCUT2D eigenvalue weighted by atomic mass is 35.5. The molecule has 6 heteroatoms. The van der Waals surface area contributed by atoms with E-state index in [1.54, 1.807) is 0 Å². The number of nitrogens with zero attached hydrogens (tertiary/aromatic N) is 2. The summed E-state index contributed by atoms with van der Waals surface area (Å²) in [6, 6.07) is 12.6. The van der Waals surface area contributed by atoms with Crippen LogP contribution in [0.3, 0.4) is 0 Å². The molecule has 144 valence electrons. The van der Waals surface area contributed by atoms with Crippen LogP contribution >= 0.6 is 11.6 Å². The summed E-state index contributed by atoms with van der Waals surface area (Å²) in [5.41, 5.74) is 2.56. The molecule has 0 spiro atoms. The molecule has 1 aliphatic heterocycles. The van der Waals surface area contributed by atoms with Gasteiger partial charge in [0.2, 0.25) is 0 Å². The lowest BCUT2D eigenvalue weighted by atomic mass is 10.2. The molecular weight excluding hydrogens is 365 g/mol. The Morgan fingerprint density at radius 2 is 1.93 bits per heavy atom. The molecule has 0 unspecified atom stereocenters. The van der Waals surface area contributed by atoms with E-state index in [4.69, 9.17) is 11.6 Å². The van der Waals surface area contributed by atoms with E-state index in [9.17, 15) is 9.18 Å². The van der Waals surface area contributed by atoms with E-state index in [0.29, 0.717) is 11.6 Å². The molecule has 1 fully saturated rings. The summed E-state index contributed by atoms with van der Waals surface area (Å²) in [7, 11) is 0. The van der Waals surface area contributed by atoms with Crippen molar-refractivity contribution in [2.24, 2.45) is 0 Å². The van der Waals surface area contributed by atoms with Crippen molar-refractivity contribution in [1.82, 2.24) is 10.2 Å². The van der Waals surface area contributed by atoms with E-state index in [0.717, 1.165) is 39.1 Å². The zero-order chi connectivity index (χ0) is 19.2. The van der Waals surface area contributed by atoms with Gasteiger partial charge in [0.1, 0.15) is 5.82 Å². The Labute approximate surface area is 164 Å². The van der Waals surface area contributed by atoms with Gasteiger partial charge in [0.05, 0.1) is 5.56 Å². The molecule has 27 heavy (non-hydrogen) atoms. The number of halogens is 2. The lowest BCUT2D eigenvalue weighted by Gasteiger charge is -2.36. The Balaban J connectivity index is 1.38. The minimum Gasteiger partial charge on any atom is -0.369 e. The van der Waals surface area contributed by atoms with Gasteiger partial charge >= 0.3 is 0 Å². The molecule has 0 bridgehead atoms. The summed E-state index contributed by atoms with van der Waals surface area (Å²) in [6.07, 6.45) is 0.832. The summed E-state index contributed by atoms with van der Waals surface area (Å²) in [5.74, 6) is -0.969. The fourth-order valence-corrected chi connectivity index (χ4v) is 3.50. The molecule has 4 nitrogen and oxygen atoms in total. The molecule has 0 radical (unpaired) electrons. The largest absolute Gasteiger partial charge is 0.369 e. The van der Waals surface area contributed by atoms with E-state index in [-0.39, 0.29) is 5.56 Å². The van der Waals surface area contributed by atoms with Gasteiger partial charge in [-0.3, -0.25) is 9.69 Å². The Morgan fingerprint density at radius 1 is 1.15 bits per heavy atom. The van der Waals surface area contributed by atoms with Crippen LogP contribution in [0.15, 0.2) is 42.5 Å². The van der Waals surface area contributed by atoms with Gasteiger partial charge in [-0.05, 0) is 55.8 Å². The van der Waals surface area contributed by atoms with Crippen LogP contribution in [0.5, 0.6) is 0 Å². The van der Waals surface area contributed by atoms with Crippen molar-refractivity contribution in [2.45, 2.75) is 13.3 Å². The summed E-state index contributed by atoms with van der Waals surface area (Å²) in [4.78, 5) is 16.9. The van der Waals surface area contributed by atoms with Crippen molar-refractivity contribution in [1.29, 1.82) is 0 Å². The van der Waals surface area contributed by atoms with Gasteiger partial charge in [0.25, 0.3) is 5.91 Å². The van der Waals surface area contributed by atoms with E-state index >= 15 is 0 Å². The Morgan fingerprint density at radius 3 is 2.67 bits per heavy atom. The van der Waals surface area contributed by atoms with Crippen LogP contribution in [0.1, 0.15) is 22.3 Å². The average Bonchev–Trinajstić information content (AvgIpc) is 2.67. The van der Waals surface area contributed by atoms with Gasteiger partial charge in [-0.25, -0.2) is 4.39 Å². The standard InChI is InChI=1S/C21H25ClFN3O/c1-16-4-2-5-18(14-16)26-12-10-25(11-13-26)9-3-8-24-21(27)19-15-17(22)6-7-20(19)23/h2,4-7,14-15H,3,8-13H2,1H3,(H,24,27). The summed E-state index contributed by atoms with van der Waals surface area (Å²) >= 11 is 5.83. The van der Waals surface area contributed by atoms with Crippen LogP contribution in [0.25, 0.3) is 0 Å². The van der Waals surface area contributed by atoms with Gasteiger partial charge in [-0.1, -0.05) is 23.7 Å². The monoisotopic (exact) mass is 389 g/mol. The normalized spacial score (nSPS) is 15.0. The van der Waals surface area contributed by atoms with Crippen molar-refractivity contribution in [3.63, 3.8) is 0 Å². The van der Waals surface area contributed by atoms with Gasteiger partial charge < -0.3 is 10.2 Å². The van der Waals surface area contributed by atoms with E-state index in [1.807, 2.05) is 0 Å². The zero-order valence-corrected chi connectivity index (χ0v) is 16.3. The van der Waals surface area contributed by atoms with Crippen LogP contribution in [0.2, 0.25) is 5.02 Å². The van der Waals surface area contributed by atoms with Crippen molar-refractivity contribution in [3.05, 3.63) is 64.4 Å². The van der Waals surface area contributed by atoms with E-state index < -0.39 is 11.7 Å². The second-order valence-corrected chi connectivity index (χ2v) is 7.34. The molecule has 2 aromatic rings. The van der Waals surface area contributed by atoms with Gasteiger partial charge in [-0.2, -0.15) is 0 Å². The quantitative estimate of drug-likeness (QED) is 0.764. The van der Waals surface area contributed by atoms with E-state index in [2.05, 4.69) is 46.3 Å². The molecule has 0 atom stereocenters. The number of hydrogen-bond acceptors (Lipinski definition) is 3. The number of hydrogen-bond donors (Lipinski definition) is 1. The molecule has 0 aromatic heterocycles. The van der Waals surface area contributed by atoms with Crippen molar-refractivity contribution >= 4 is 23.2 Å². The molecule has 1 aliphatic rings. The maximum Gasteiger partial charge on any atom is 0.254 e. The maximum atomic E-state index is 13.7. The number of carbonyl (C=O) groups excluding carboxylic acids is 1. The first kappa shape index (κ1) is 19.6. The van der Waals surface area contributed by atoms with Crippen LogP contribution < -0.4 is 10.2 Å². The SMILES string of the molecule is Cc1cccc(N2CCN(CCCNC(=O)c3cc(Cl)ccc3F)CC2)c1. The fraction of sp³-hybridized carbons (Fsp3) is 0.381. The topological polar surface area (TPSA) is 35.6 Å². The predicted molar refractivity (Wildman–Crippen MR) is 108 cm³/mol. The Kier molecular flexibility index (Phi) is 6.69. The van der Waals surface area contributed by atoms with Crippen LogP contribution in [0, 0.1) is 12.7 Å². The van der Waals surface area contributed by atoms with Crippen LogP contribution in [-0.4, -0.2) is 50.1 Å². The molecule has 2 aromatic carbocycles. The highest BCUT2D eigenvalue weighted by Gasteiger charge is 2.17. The first-order valence-electron chi connectivity index (χ1n) is 9.30.